The number of aryl methyl sites for hydroxylation is 1. The maximum absolute atomic E-state index is 6.61. The van der Waals surface area contributed by atoms with Crippen LogP contribution in [0.1, 0.15) is 16.8 Å². The Labute approximate surface area is 136 Å². The molecular formula is C18H15BClNO. The number of hydrogen-bond acceptors (Lipinski definition) is 2. The van der Waals surface area contributed by atoms with Crippen LogP contribution < -0.4 is 10.2 Å². The Morgan fingerprint density at radius 2 is 1.86 bits per heavy atom. The minimum atomic E-state index is 0.690. The molecule has 2 radical (unpaired) electrons. The Kier molecular flexibility index (Phi) is 4.08. The van der Waals surface area contributed by atoms with Gasteiger partial charge < -0.3 is 4.74 Å². The molecule has 0 N–H and O–H groups in total. The summed E-state index contributed by atoms with van der Waals surface area (Å²) in [6.45, 7) is 1.99. The van der Waals surface area contributed by atoms with Crippen LogP contribution in [0.15, 0.2) is 42.5 Å². The van der Waals surface area contributed by atoms with E-state index in [0.717, 1.165) is 44.9 Å². The number of hydrogen-bond donors (Lipinski definition) is 0. The lowest BCUT2D eigenvalue weighted by Crippen LogP contribution is -2.03. The van der Waals surface area contributed by atoms with E-state index < -0.39 is 0 Å². The highest BCUT2D eigenvalue weighted by molar-refractivity contribution is 6.38. The summed E-state index contributed by atoms with van der Waals surface area (Å²) in [6, 6.07) is 13.6. The summed E-state index contributed by atoms with van der Waals surface area (Å²) in [5.41, 5.74) is 4.70. The summed E-state index contributed by atoms with van der Waals surface area (Å²) in [5.74, 6) is 0.843. The Morgan fingerprint density at radius 3 is 2.55 bits per heavy atom. The molecule has 0 spiro atoms. The third-order valence-corrected chi connectivity index (χ3v) is 4.22. The first-order chi connectivity index (χ1) is 10.6. The fourth-order valence-corrected chi connectivity index (χ4v) is 2.90. The van der Waals surface area contributed by atoms with Crippen molar-refractivity contribution in [1.29, 1.82) is 0 Å². The van der Waals surface area contributed by atoms with Crippen molar-refractivity contribution in [2.45, 2.75) is 13.3 Å². The van der Waals surface area contributed by atoms with E-state index in [2.05, 4.69) is 4.98 Å². The van der Waals surface area contributed by atoms with Gasteiger partial charge in [0.15, 0.2) is 0 Å². The first kappa shape index (κ1) is 14.9. The zero-order valence-electron chi connectivity index (χ0n) is 12.6. The van der Waals surface area contributed by atoms with E-state index in [1.807, 2.05) is 49.4 Å². The molecule has 0 saturated carbocycles. The molecule has 1 aromatic heterocycles. The highest BCUT2D eigenvalue weighted by atomic mass is 35.5. The normalized spacial score (nSPS) is 10.9. The summed E-state index contributed by atoms with van der Waals surface area (Å²) in [6.07, 6.45) is 0.729. The Bertz CT molecular complexity index is 831. The van der Waals surface area contributed by atoms with Gasteiger partial charge in [0.25, 0.3) is 0 Å². The fraction of sp³-hybridized carbons (Fsp3) is 0.167. The lowest BCUT2D eigenvalue weighted by Gasteiger charge is -2.12. The van der Waals surface area contributed by atoms with Gasteiger partial charge in [-0.1, -0.05) is 41.3 Å². The summed E-state index contributed by atoms with van der Waals surface area (Å²) in [7, 11) is 7.53. The van der Waals surface area contributed by atoms with Crippen LogP contribution in [-0.4, -0.2) is 19.9 Å². The number of methoxy groups -OCH3 is 1. The zero-order valence-corrected chi connectivity index (χ0v) is 13.3. The molecule has 4 heteroatoms. The Hall–Kier alpha value is -2.00. The molecule has 2 aromatic carbocycles. The predicted octanol–water partition coefficient (Wildman–Crippen LogP) is 3.59. The number of aromatic nitrogens is 1. The van der Waals surface area contributed by atoms with Crippen molar-refractivity contribution in [3.63, 3.8) is 0 Å². The summed E-state index contributed by atoms with van der Waals surface area (Å²) < 4.78 is 5.19. The Morgan fingerprint density at radius 1 is 1.14 bits per heavy atom. The van der Waals surface area contributed by atoms with Gasteiger partial charge in [0.05, 0.1) is 17.6 Å². The van der Waals surface area contributed by atoms with Crippen LogP contribution in [0.4, 0.5) is 0 Å². The number of benzene rings is 2. The second-order valence-corrected chi connectivity index (χ2v) is 5.67. The monoisotopic (exact) mass is 307 g/mol. The van der Waals surface area contributed by atoms with Gasteiger partial charge in [-0.05, 0) is 36.2 Å². The largest absolute Gasteiger partial charge is 0.497 e. The molecule has 0 aliphatic carbocycles. The number of nitrogens with zero attached hydrogens (tertiary/aromatic N) is 1. The van der Waals surface area contributed by atoms with Crippen molar-refractivity contribution in [2.24, 2.45) is 0 Å². The molecule has 2 nitrogen and oxygen atoms in total. The molecule has 108 valence electrons. The number of ether oxygens (including phenoxy) is 1. The van der Waals surface area contributed by atoms with Gasteiger partial charge >= 0.3 is 0 Å². The van der Waals surface area contributed by atoms with Crippen LogP contribution in [0.5, 0.6) is 5.75 Å². The minimum Gasteiger partial charge on any atom is -0.497 e. The van der Waals surface area contributed by atoms with Crippen molar-refractivity contribution in [3.05, 3.63) is 64.3 Å². The van der Waals surface area contributed by atoms with E-state index >= 15 is 0 Å². The van der Waals surface area contributed by atoms with Gasteiger partial charge in [-0.15, -0.1) is 0 Å². The van der Waals surface area contributed by atoms with Gasteiger partial charge in [0.2, 0.25) is 0 Å². The lowest BCUT2D eigenvalue weighted by molar-refractivity contribution is 0.414. The van der Waals surface area contributed by atoms with E-state index in [1.54, 1.807) is 7.11 Å². The molecule has 0 fully saturated rings. The van der Waals surface area contributed by atoms with Gasteiger partial charge in [0.1, 0.15) is 13.6 Å². The number of halogens is 1. The summed E-state index contributed by atoms with van der Waals surface area (Å²) in [4.78, 5) is 4.64. The smallest absolute Gasteiger partial charge is 0.118 e. The minimum absolute atomic E-state index is 0.690. The van der Waals surface area contributed by atoms with E-state index in [0.29, 0.717) is 5.46 Å². The number of pyridine rings is 1. The standard InChI is InChI=1S/C18H15BClNO/c1-11-15(9-12-3-6-14(22-2)7-4-12)18(20)16-10-13(19)5-8-17(16)21-11/h3-8,10H,9H2,1-2H3. The first-order valence-electron chi connectivity index (χ1n) is 7.05. The molecule has 0 aliphatic heterocycles. The van der Waals surface area contributed by atoms with Crippen molar-refractivity contribution >= 4 is 35.8 Å². The lowest BCUT2D eigenvalue weighted by atomic mass is 9.93. The Balaban J connectivity index is 2.05. The van der Waals surface area contributed by atoms with Crippen molar-refractivity contribution in [3.8, 4) is 5.75 Å². The van der Waals surface area contributed by atoms with Crippen LogP contribution >= 0.6 is 11.6 Å². The predicted molar refractivity (Wildman–Crippen MR) is 92.7 cm³/mol. The van der Waals surface area contributed by atoms with E-state index in [4.69, 9.17) is 24.2 Å². The molecule has 3 rings (SSSR count). The van der Waals surface area contributed by atoms with Crippen LogP contribution in [0.25, 0.3) is 10.9 Å². The van der Waals surface area contributed by atoms with Crippen molar-refractivity contribution in [2.75, 3.05) is 7.11 Å². The molecular weight excluding hydrogens is 292 g/mol. The molecule has 22 heavy (non-hydrogen) atoms. The molecule has 1 heterocycles. The highest BCUT2D eigenvalue weighted by Crippen LogP contribution is 2.29. The summed E-state index contributed by atoms with van der Waals surface area (Å²) >= 11 is 6.61. The van der Waals surface area contributed by atoms with Crippen LogP contribution in [0, 0.1) is 6.92 Å². The maximum atomic E-state index is 6.61. The molecule has 3 aromatic rings. The zero-order chi connectivity index (χ0) is 15.7. The highest BCUT2D eigenvalue weighted by Gasteiger charge is 2.12. The number of rotatable bonds is 3. The first-order valence-corrected chi connectivity index (χ1v) is 7.43. The van der Waals surface area contributed by atoms with Crippen LogP contribution in [-0.2, 0) is 6.42 Å². The van der Waals surface area contributed by atoms with Crippen LogP contribution in [0.3, 0.4) is 0 Å². The van der Waals surface area contributed by atoms with Gasteiger partial charge in [0, 0.05) is 17.5 Å². The SMILES string of the molecule is [B]c1ccc2nc(C)c(Cc3ccc(OC)cc3)c(Cl)c2c1. The van der Waals surface area contributed by atoms with Crippen molar-refractivity contribution in [1.82, 2.24) is 4.98 Å². The van der Waals surface area contributed by atoms with E-state index in [9.17, 15) is 0 Å². The second-order valence-electron chi connectivity index (χ2n) is 5.29. The number of fused-ring (bicyclic) bond motifs is 1. The van der Waals surface area contributed by atoms with Crippen LogP contribution in [0.2, 0.25) is 5.02 Å². The molecule has 0 amide bonds. The molecule has 0 saturated heterocycles. The molecule has 0 bridgehead atoms. The van der Waals surface area contributed by atoms with Gasteiger partial charge in [-0.2, -0.15) is 0 Å². The maximum Gasteiger partial charge on any atom is 0.118 e. The third kappa shape index (κ3) is 2.82. The quantitative estimate of drug-likeness (QED) is 0.690. The fourth-order valence-electron chi connectivity index (χ4n) is 2.55. The molecule has 0 aliphatic rings. The molecule has 0 atom stereocenters. The van der Waals surface area contributed by atoms with E-state index in [-0.39, 0.29) is 0 Å². The average Bonchev–Trinajstić information content (AvgIpc) is 2.53. The average molecular weight is 308 g/mol. The third-order valence-electron chi connectivity index (χ3n) is 3.79. The van der Waals surface area contributed by atoms with Gasteiger partial charge in [-0.3, -0.25) is 4.98 Å². The second kappa shape index (κ2) is 6.01. The topological polar surface area (TPSA) is 22.1 Å². The van der Waals surface area contributed by atoms with Gasteiger partial charge in [-0.25, -0.2) is 0 Å². The molecule has 0 unspecified atom stereocenters. The van der Waals surface area contributed by atoms with E-state index in [1.165, 1.54) is 0 Å². The van der Waals surface area contributed by atoms with Crippen molar-refractivity contribution < 1.29 is 4.74 Å². The summed E-state index contributed by atoms with van der Waals surface area (Å²) in [5, 5.41) is 1.63.